The summed E-state index contributed by atoms with van der Waals surface area (Å²) in [5.74, 6) is 0.634. The molecule has 1 heteroatoms. The molecule has 0 aromatic rings. The van der Waals surface area contributed by atoms with Gasteiger partial charge in [0.2, 0.25) is 0 Å². The first-order valence-electron chi connectivity index (χ1n) is 4.27. The van der Waals surface area contributed by atoms with E-state index < -0.39 is 0 Å². The Bertz CT molecular complexity index is 156. The quantitative estimate of drug-likeness (QED) is 0.597. The molecule has 1 unspecified atom stereocenters. The van der Waals surface area contributed by atoms with Crippen LogP contribution in [0.1, 0.15) is 13.3 Å². The van der Waals surface area contributed by atoms with Crippen molar-refractivity contribution in [3.8, 4) is 0 Å². The summed E-state index contributed by atoms with van der Waals surface area (Å²) < 4.78 is 0. The molecule has 0 fully saturated rings. The van der Waals surface area contributed by atoms with Crippen LogP contribution in [-0.2, 0) is 0 Å². The van der Waals surface area contributed by atoms with Crippen LogP contribution < -0.4 is 0 Å². The highest BCUT2D eigenvalue weighted by Crippen LogP contribution is 2.19. The van der Waals surface area contributed by atoms with E-state index in [1.807, 2.05) is 0 Å². The third kappa shape index (κ3) is 1.93. The van der Waals surface area contributed by atoms with E-state index in [0.29, 0.717) is 12.0 Å². The highest BCUT2D eigenvalue weighted by molar-refractivity contribution is 5.19. The fourth-order valence-electron chi connectivity index (χ4n) is 1.69. The molecule has 0 aliphatic heterocycles. The minimum atomic E-state index is 0.634. The van der Waals surface area contributed by atoms with E-state index in [-0.39, 0.29) is 0 Å². The average Bonchev–Trinajstić information content (AvgIpc) is 2.40. The van der Waals surface area contributed by atoms with Gasteiger partial charge in [-0.2, -0.15) is 0 Å². The van der Waals surface area contributed by atoms with E-state index in [2.05, 4.69) is 50.2 Å². The van der Waals surface area contributed by atoms with Gasteiger partial charge in [0.25, 0.3) is 0 Å². The van der Waals surface area contributed by atoms with Gasteiger partial charge in [0.15, 0.2) is 0 Å². The molecule has 1 rings (SSSR count). The zero-order valence-electron chi connectivity index (χ0n) is 7.62. The third-order valence-electron chi connectivity index (χ3n) is 2.30. The fourth-order valence-corrected chi connectivity index (χ4v) is 1.69. The van der Waals surface area contributed by atoms with E-state index in [1.165, 1.54) is 6.42 Å². The van der Waals surface area contributed by atoms with E-state index >= 15 is 0 Å². The molecule has 0 N–H and O–H groups in total. The van der Waals surface area contributed by atoms with Gasteiger partial charge in [0, 0.05) is 12.0 Å². The molecule has 0 aromatic carbocycles. The number of hydrogen-bond donors (Lipinski definition) is 0. The van der Waals surface area contributed by atoms with Crippen molar-refractivity contribution in [3.63, 3.8) is 0 Å². The summed E-state index contributed by atoms with van der Waals surface area (Å²) >= 11 is 0. The van der Waals surface area contributed by atoms with Crippen molar-refractivity contribution in [2.75, 3.05) is 14.1 Å². The Labute approximate surface area is 69.4 Å². The van der Waals surface area contributed by atoms with Gasteiger partial charge in [0.05, 0.1) is 0 Å². The first-order valence-corrected chi connectivity index (χ1v) is 4.27. The Kier molecular flexibility index (Phi) is 2.89. The highest BCUT2D eigenvalue weighted by Gasteiger charge is 2.17. The smallest absolute Gasteiger partial charge is 0.0184 e. The maximum Gasteiger partial charge on any atom is 0.0184 e. The van der Waals surface area contributed by atoms with Gasteiger partial charge in [-0.15, -0.1) is 0 Å². The van der Waals surface area contributed by atoms with Gasteiger partial charge in [-0.1, -0.05) is 31.2 Å². The fraction of sp³-hybridized carbons (Fsp3) is 0.600. The van der Waals surface area contributed by atoms with E-state index in [0.717, 1.165) is 0 Å². The number of allylic oxidation sites excluding steroid dienone is 2. The summed E-state index contributed by atoms with van der Waals surface area (Å²) in [6, 6.07) is 0.671. The maximum atomic E-state index is 2.30. The third-order valence-corrected chi connectivity index (χ3v) is 2.30. The first kappa shape index (κ1) is 8.54. The normalized spacial score (nSPS) is 20.0. The molecule has 1 atom stereocenters. The molecule has 0 aromatic heterocycles. The lowest BCUT2D eigenvalue weighted by Crippen LogP contribution is -2.32. The second-order valence-electron chi connectivity index (χ2n) is 3.29. The minimum absolute atomic E-state index is 0.634. The van der Waals surface area contributed by atoms with Crippen LogP contribution in [0.4, 0.5) is 0 Å². The van der Waals surface area contributed by atoms with Crippen molar-refractivity contribution in [1.29, 1.82) is 0 Å². The van der Waals surface area contributed by atoms with Crippen molar-refractivity contribution < 1.29 is 0 Å². The zero-order valence-corrected chi connectivity index (χ0v) is 7.62. The summed E-state index contributed by atoms with van der Waals surface area (Å²) in [6.07, 6.45) is 10.0. The summed E-state index contributed by atoms with van der Waals surface area (Å²) in [5.41, 5.74) is 0. The summed E-state index contributed by atoms with van der Waals surface area (Å²) in [4.78, 5) is 2.30. The van der Waals surface area contributed by atoms with Crippen molar-refractivity contribution in [1.82, 2.24) is 4.90 Å². The monoisotopic (exact) mass is 151 g/mol. The molecular weight excluding hydrogens is 134 g/mol. The van der Waals surface area contributed by atoms with Crippen LogP contribution in [0.5, 0.6) is 0 Å². The molecule has 62 valence electrons. The summed E-state index contributed by atoms with van der Waals surface area (Å²) in [6.45, 7) is 2.24. The van der Waals surface area contributed by atoms with Crippen LogP contribution in [0.25, 0.3) is 0 Å². The lowest BCUT2D eigenvalue weighted by Gasteiger charge is -2.26. The van der Waals surface area contributed by atoms with Crippen LogP contribution >= 0.6 is 0 Å². The van der Waals surface area contributed by atoms with Gasteiger partial charge in [-0.05, 0) is 20.5 Å². The molecule has 0 saturated carbocycles. The first-order chi connectivity index (χ1) is 5.25. The molecule has 1 nitrogen and oxygen atoms in total. The number of hydrogen-bond acceptors (Lipinski definition) is 1. The van der Waals surface area contributed by atoms with Crippen LogP contribution in [0.15, 0.2) is 24.3 Å². The van der Waals surface area contributed by atoms with Crippen molar-refractivity contribution >= 4 is 0 Å². The van der Waals surface area contributed by atoms with Gasteiger partial charge in [-0.25, -0.2) is 0 Å². The van der Waals surface area contributed by atoms with E-state index in [4.69, 9.17) is 0 Å². The van der Waals surface area contributed by atoms with Gasteiger partial charge in [0.1, 0.15) is 0 Å². The predicted molar refractivity (Wildman–Crippen MR) is 49.5 cm³/mol. The second-order valence-corrected chi connectivity index (χ2v) is 3.29. The van der Waals surface area contributed by atoms with Crippen molar-refractivity contribution in [2.45, 2.75) is 19.4 Å². The lowest BCUT2D eigenvalue weighted by atomic mass is 9.98. The Morgan fingerprint density at radius 2 is 1.82 bits per heavy atom. The number of rotatable bonds is 3. The molecule has 1 aliphatic carbocycles. The van der Waals surface area contributed by atoms with E-state index in [1.54, 1.807) is 0 Å². The SMILES string of the molecule is CCC(C1C=CC=C1)N(C)C. The molecule has 0 heterocycles. The Morgan fingerprint density at radius 1 is 1.27 bits per heavy atom. The lowest BCUT2D eigenvalue weighted by molar-refractivity contribution is 0.255. The largest absolute Gasteiger partial charge is 0.306 e. The number of nitrogens with zero attached hydrogens (tertiary/aromatic N) is 1. The maximum absolute atomic E-state index is 2.30. The van der Waals surface area contributed by atoms with Crippen molar-refractivity contribution in [2.24, 2.45) is 5.92 Å². The molecule has 0 bridgehead atoms. The topological polar surface area (TPSA) is 3.24 Å². The minimum Gasteiger partial charge on any atom is -0.306 e. The molecule has 0 saturated heterocycles. The second kappa shape index (κ2) is 3.72. The predicted octanol–water partition coefficient (Wildman–Crippen LogP) is 2.07. The van der Waals surface area contributed by atoms with Gasteiger partial charge >= 0.3 is 0 Å². The summed E-state index contributed by atoms with van der Waals surface area (Å²) in [5, 5.41) is 0. The Morgan fingerprint density at radius 3 is 2.18 bits per heavy atom. The molecule has 0 spiro atoms. The molecule has 0 radical (unpaired) electrons. The average molecular weight is 151 g/mol. The zero-order chi connectivity index (χ0) is 8.27. The molecule has 1 aliphatic rings. The standard InChI is InChI=1S/C10H17N/c1-4-10(11(2)3)9-7-5-6-8-9/h5-10H,4H2,1-3H3. The summed E-state index contributed by atoms with van der Waals surface area (Å²) in [7, 11) is 4.29. The van der Waals surface area contributed by atoms with Crippen LogP contribution in [0.3, 0.4) is 0 Å². The molecule has 0 amide bonds. The highest BCUT2D eigenvalue weighted by atomic mass is 15.1. The molecular formula is C10H17N. The van der Waals surface area contributed by atoms with Crippen LogP contribution in [0.2, 0.25) is 0 Å². The Hall–Kier alpha value is -0.560. The Balaban J connectivity index is 2.55. The van der Waals surface area contributed by atoms with Crippen LogP contribution in [-0.4, -0.2) is 25.0 Å². The van der Waals surface area contributed by atoms with Gasteiger partial charge < -0.3 is 4.90 Å². The van der Waals surface area contributed by atoms with E-state index in [9.17, 15) is 0 Å². The van der Waals surface area contributed by atoms with Crippen LogP contribution in [0, 0.1) is 5.92 Å². The van der Waals surface area contributed by atoms with Gasteiger partial charge in [-0.3, -0.25) is 0 Å². The molecule has 11 heavy (non-hydrogen) atoms. The van der Waals surface area contributed by atoms with Crippen molar-refractivity contribution in [3.05, 3.63) is 24.3 Å².